The number of nitrogens with two attached hydrogens (primary N) is 1. The SMILES string of the molecule is CC(C)(C)C(=O)Nc1ccc(NS(=O)(=O)c2ccc(N)cc2)cc1. The molecule has 0 bridgehead atoms. The first-order valence-electron chi connectivity index (χ1n) is 7.38. The van der Waals surface area contributed by atoms with Gasteiger partial charge in [0.05, 0.1) is 4.90 Å². The summed E-state index contributed by atoms with van der Waals surface area (Å²) in [6.45, 7) is 5.45. The van der Waals surface area contributed by atoms with Crippen molar-refractivity contribution in [3.8, 4) is 0 Å². The smallest absolute Gasteiger partial charge is 0.261 e. The van der Waals surface area contributed by atoms with Crippen LogP contribution in [0.2, 0.25) is 0 Å². The molecule has 0 aromatic heterocycles. The Balaban J connectivity index is 2.11. The zero-order valence-electron chi connectivity index (χ0n) is 13.8. The first-order chi connectivity index (χ1) is 11.1. The van der Waals surface area contributed by atoms with E-state index < -0.39 is 15.4 Å². The van der Waals surface area contributed by atoms with Crippen molar-refractivity contribution in [2.45, 2.75) is 25.7 Å². The van der Waals surface area contributed by atoms with Gasteiger partial charge in [-0.15, -0.1) is 0 Å². The van der Waals surface area contributed by atoms with Crippen molar-refractivity contribution in [3.63, 3.8) is 0 Å². The summed E-state index contributed by atoms with van der Waals surface area (Å²) in [5.41, 5.74) is 6.55. The van der Waals surface area contributed by atoms with Gasteiger partial charge in [-0.2, -0.15) is 0 Å². The van der Waals surface area contributed by atoms with Gasteiger partial charge in [0, 0.05) is 22.5 Å². The van der Waals surface area contributed by atoms with Gasteiger partial charge in [-0.05, 0) is 48.5 Å². The van der Waals surface area contributed by atoms with E-state index in [1.807, 2.05) is 20.8 Å². The van der Waals surface area contributed by atoms with Crippen molar-refractivity contribution in [1.82, 2.24) is 0 Å². The highest BCUT2D eigenvalue weighted by Crippen LogP contribution is 2.21. The molecule has 7 heteroatoms. The number of carbonyl (C=O) groups excluding carboxylic acids is 1. The summed E-state index contributed by atoms with van der Waals surface area (Å²) >= 11 is 0. The Morgan fingerprint density at radius 1 is 0.917 bits per heavy atom. The van der Waals surface area contributed by atoms with Crippen molar-refractivity contribution < 1.29 is 13.2 Å². The molecule has 0 saturated heterocycles. The molecule has 0 aliphatic heterocycles. The number of benzene rings is 2. The van der Waals surface area contributed by atoms with Crippen LogP contribution < -0.4 is 15.8 Å². The van der Waals surface area contributed by atoms with Crippen LogP contribution in [0.3, 0.4) is 0 Å². The van der Waals surface area contributed by atoms with Gasteiger partial charge in [0.1, 0.15) is 0 Å². The number of carbonyl (C=O) groups is 1. The van der Waals surface area contributed by atoms with E-state index in [-0.39, 0.29) is 10.8 Å². The predicted molar refractivity (Wildman–Crippen MR) is 96.2 cm³/mol. The highest BCUT2D eigenvalue weighted by Gasteiger charge is 2.21. The monoisotopic (exact) mass is 347 g/mol. The first-order valence-corrected chi connectivity index (χ1v) is 8.86. The van der Waals surface area contributed by atoms with Gasteiger partial charge in [0.25, 0.3) is 10.0 Å². The molecule has 0 saturated carbocycles. The highest BCUT2D eigenvalue weighted by molar-refractivity contribution is 7.92. The number of rotatable bonds is 4. The van der Waals surface area contributed by atoms with Crippen molar-refractivity contribution in [2.75, 3.05) is 15.8 Å². The van der Waals surface area contributed by atoms with Crippen molar-refractivity contribution >= 4 is 33.0 Å². The molecule has 24 heavy (non-hydrogen) atoms. The zero-order chi connectivity index (χ0) is 18.0. The molecule has 4 N–H and O–H groups in total. The van der Waals surface area contributed by atoms with Gasteiger partial charge in [-0.25, -0.2) is 8.42 Å². The standard InChI is InChI=1S/C17H21N3O3S/c1-17(2,3)16(21)19-13-6-8-14(9-7-13)20-24(22,23)15-10-4-12(18)5-11-15/h4-11,20H,18H2,1-3H3,(H,19,21). The van der Waals surface area contributed by atoms with Crippen LogP contribution >= 0.6 is 0 Å². The average molecular weight is 347 g/mol. The molecule has 128 valence electrons. The Bertz CT molecular complexity index is 821. The lowest BCUT2D eigenvalue weighted by molar-refractivity contribution is -0.123. The Labute approximate surface area is 142 Å². The summed E-state index contributed by atoms with van der Waals surface area (Å²) in [5, 5.41) is 2.78. The average Bonchev–Trinajstić information content (AvgIpc) is 2.48. The molecule has 0 atom stereocenters. The van der Waals surface area contributed by atoms with E-state index in [2.05, 4.69) is 10.0 Å². The molecule has 2 aromatic carbocycles. The maximum absolute atomic E-state index is 12.3. The second-order valence-corrected chi connectivity index (χ2v) is 8.14. The van der Waals surface area contributed by atoms with Crippen LogP contribution in [0.15, 0.2) is 53.4 Å². The first kappa shape index (κ1) is 17.8. The van der Waals surface area contributed by atoms with E-state index in [4.69, 9.17) is 5.73 Å². The summed E-state index contributed by atoms with van der Waals surface area (Å²) < 4.78 is 27.1. The molecular weight excluding hydrogens is 326 g/mol. The molecule has 6 nitrogen and oxygen atoms in total. The van der Waals surface area contributed by atoms with Gasteiger partial charge < -0.3 is 11.1 Å². The molecule has 0 aliphatic carbocycles. The van der Waals surface area contributed by atoms with Crippen molar-refractivity contribution in [2.24, 2.45) is 5.41 Å². The largest absolute Gasteiger partial charge is 0.399 e. The number of sulfonamides is 1. The third-order valence-corrected chi connectivity index (χ3v) is 4.66. The maximum atomic E-state index is 12.3. The normalized spacial score (nSPS) is 11.8. The molecule has 0 spiro atoms. The molecular formula is C17H21N3O3S. The fraction of sp³-hybridized carbons (Fsp3) is 0.235. The number of hydrogen-bond donors (Lipinski definition) is 3. The zero-order valence-corrected chi connectivity index (χ0v) is 14.6. The molecule has 0 radical (unpaired) electrons. The fourth-order valence-corrected chi connectivity index (χ4v) is 2.86. The van der Waals surface area contributed by atoms with Crippen LogP contribution in [0.25, 0.3) is 0 Å². The summed E-state index contributed by atoms with van der Waals surface area (Å²) in [6.07, 6.45) is 0. The van der Waals surface area contributed by atoms with Crippen molar-refractivity contribution in [3.05, 3.63) is 48.5 Å². The Hall–Kier alpha value is -2.54. The van der Waals surface area contributed by atoms with E-state index in [9.17, 15) is 13.2 Å². The minimum Gasteiger partial charge on any atom is -0.399 e. The van der Waals surface area contributed by atoms with E-state index in [1.54, 1.807) is 24.3 Å². The Morgan fingerprint density at radius 2 is 1.42 bits per heavy atom. The van der Waals surface area contributed by atoms with Crippen LogP contribution in [0.1, 0.15) is 20.8 Å². The number of nitrogens with one attached hydrogen (secondary N) is 2. The van der Waals surface area contributed by atoms with Crippen LogP contribution in [0.4, 0.5) is 17.1 Å². The summed E-state index contributed by atoms with van der Waals surface area (Å²) in [4.78, 5) is 12.1. The van der Waals surface area contributed by atoms with Gasteiger partial charge in [-0.3, -0.25) is 9.52 Å². The molecule has 2 rings (SSSR count). The number of nitrogen functional groups attached to an aromatic ring is 1. The lowest BCUT2D eigenvalue weighted by Gasteiger charge is -2.17. The van der Waals surface area contributed by atoms with E-state index in [0.29, 0.717) is 17.1 Å². The lowest BCUT2D eigenvalue weighted by atomic mass is 9.95. The lowest BCUT2D eigenvalue weighted by Crippen LogP contribution is -2.27. The van der Waals surface area contributed by atoms with Crippen LogP contribution in [-0.2, 0) is 14.8 Å². The third-order valence-electron chi connectivity index (χ3n) is 3.27. The van der Waals surface area contributed by atoms with Gasteiger partial charge in [-0.1, -0.05) is 20.8 Å². The van der Waals surface area contributed by atoms with Crippen LogP contribution in [0.5, 0.6) is 0 Å². The molecule has 2 aromatic rings. The van der Waals surface area contributed by atoms with Crippen molar-refractivity contribution in [1.29, 1.82) is 0 Å². The highest BCUT2D eigenvalue weighted by atomic mass is 32.2. The molecule has 0 heterocycles. The molecule has 0 aliphatic rings. The Morgan fingerprint density at radius 3 is 1.92 bits per heavy atom. The minimum absolute atomic E-state index is 0.113. The number of amides is 1. The van der Waals surface area contributed by atoms with E-state index >= 15 is 0 Å². The van der Waals surface area contributed by atoms with Crippen LogP contribution in [0, 0.1) is 5.41 Å². The molecule has 1 amide bonds. The molecule has 0 unspecified atom stereocenters. The second-order valence-electron chi connectivity index (χ2n) is 6.46. The van der Waals surface area contributed by atoms with Crippen LogP contribution in [-0.4, -0.2) is 14.3 Å². The number of anilines is 3. The summed E-state index contributed by atoms with van der Waals surface area (Å²) in [5.74, 6) is -0.113. The predicted octanol–water partition coefficient (Wildman–Crippen LogP) is 3.05. The van der Waals surface area contributed by atoms with Gasteiger partial charge >= 0.3 is 0 Å². The maximum Gasteiger partial charge on any atom is 0.261 e. The third kappa shape index (κ3) is 4.48. The van der Waals surface area contributed by atoms with E-state index in [0.717, 1.165) is 0 Å². The van der Waals surface area contributed by atoms with Gasteiger partial charge in [0.15, 0.2) is 0 Å². The fourth-order valence-electron chi connectivity index (χ4n) is 1.80. The summed E-state index contributed by atoms with van der Waals surface area (Å²) in [7, 11) is -3.68. The topological polar surface area (TPSA) is 101 Å². The van der Waals surface area contributed by atoms with E-state index in [1.165, 1.54) is 24.3 Å². The number of hydrogen-bond acceptors (Lipinski definition) is 4. The Kier molecular flexibility index (Phi) is 4.84. The molecule has 0 fully saturated rings. The quantitative estimate of drug-likeness (QED) is 0.740. The second kappa shape index (κ2) is 6.52. The summed E-state index contributed by atoms with van der Waals surface area (Å²) in [6, 6.07) is 12.4. The van der Waals surface area contributed by atoms with Gasteiger partial charge in [0.2, 0.25) is 5.91 Å². The minimum atomic E-state index is -3.68.